The molecule has 1 aromatic carbocycles. The van der Waals surface area contributed by atoms with Gasteiger partial charge in [0, 0.05) is 6.42 Å². The zero-order chi connectivity index (χ0) is 17.3. The lowest BCUT2D eigenvalue weighted by molar-refractivity contribution is -0.215. The van der Waals surface area contributed by atoms with Crippen molar-refractivity contribution >= 4 is 11.3 Å². The van der Waals surface area contributed by atoms with E-state index < -0.39 is 17.8 Å². The van der Waals surface area contributed by atoms with Crippen molar-refractivity contribution in [2.24, 2.45) is 0 Å². The Morgan fingerprint density at radius 1 is 1.29 bits per heavy atom. The number of aromatic nitrogens is 4. The van der Waals surface area contributed by atoms with Crippen molar-refractivity contribution in [2.45, 2.75) is 25.6 Å². The number of hydrogen-bond acceptors (Lipinski definition) is 6. The van der Waals surface area contributed by atoms with Gasteiger partial charge < -0.3 is 4.74 Å². The van der Waals surface area contributed by atoms with Crippen molar-refractivity contribution in [3.63, 3.8) is 0 Å². The van der Waals surface area contributed by atoms with Gasteiger partial charge in [-0.1, -0.05) is 12.1 Å². The van der Waals surface area contributed by atoms with Crippen LogP contribution >= 0.6 is 0 Å². The van der Waals surface area contributed by atoms with Gasteiger partial charge in [0.2, 0.25) is 17.5 Å². The lowest BCUT2D eigenvalue weighted by Gasteiger charge is -2.19. The van der Waals surface area contributed by atoms with Gasteiger partial charge in [-0.3, -0.25) is 9.78 Å². The lowest BCUT2D eigenvalue weighted by Crippen LogP contribution is -2.34. The van der Waals surface area contributed by atoms with Gasteiger partial charge in [0.15, 0.2) is 0 Å². The summed E-state index contributed by atoms with van der Waals surface area (Å²) in [5, 5.41) is 6.99. The third-order valence-electron chi connectivity index (χ3n) is 3.22. The summed E-state index contributed by atoms with van der Waals surface area (Å²) in [5.74, 6) is -0.189. The van der Waals surface area contributed by atoms with E-state index in [0.717, 1.165) is 0 Å². The molecule has 0 aliphatic carbocycles. The van der Waals surface area contributed by atoms with Gasteiger partial charge in [0.1, 0.15) is 11.4 Å². The number of nitrogens with one attached hydrogen (secondary N) is 1. The van der Waals surface area contributed by atoms with E-state index >= 15 is 0 Å². The zero-order valence-corrected chi connectivity index (χ0v) is 12.3. The van der Waals surface area contributed by atoms with Crippen molar-refractivity contribution in [3.05, 3.63) is 45.9 Å². The van der Waals surface area contributed by atoms with E-state index in [2.05, 4.69) is 29.6 Å². The highest BCUT2D eigenvalue weighted by Gasteiger charge is 2.39. The molecule has 7 nitrogen and oxygen atoms in total. The van der Waals surface area contributed by atoms with Gasteiger partial charge >= 0.3 is 6.11 Å². The van der Waals surface area contributed by atoms with E-state index in [1.54, 1.807) is 0 Å². The van der Waals surface area contributed by atoms with E-state index in [1.807, 2.05) is 0 Å². The minimum absolute atomic E-state index is 0.133. The molecule has 0 amide bonds. The second kappa shape index (κ2) is 5.95. The Morgan fingerprint density at radius 2 is 2.00 bits per heavy atom. The number of nitrogens with zero attached hydrogens (tertiary/aromatic N) is 3. The predicted molar refractivity (Wildman–Crippen MR) is 75.6 cm³/mol. The van der Waals surface area contributed by atoms with Crippen LogP contribution in [0.3, 0.4) is 0 Å². The van der Waals surface area contributed by atoms with Crippen LogP contribution in [0, 0.1) is 0 Å². The second-order valence-electron chi connectivity index (χ2n) is 5.05. The molecule has 2 heterocycles. The number of alkyl halides is 3. The van der Waals surface area contributed by atoms with Crippen molar-refractivity contribution in [3.8, 4) is 5.75 Å². The lowest BCUT2D eigenvalue weighted by atomic mass is 10.1. The van der Waals surface area contributed by atoms with Gasteiger partial charge in [0.25, 0.3) is 5.56 Å². The summed E-state index contributed by atoms with van der Waals surface area (Å²) < 4.78 is 47.9. The summed E-state index contributed by atoms with van der Waals surface area (Å²) in [5.41, 5.74) is 0.606. The monoisotopic (exact) mass is 340 g/mol. The van der Waals surface area contributed by atoms with Crippen LogP contribution < -0.4 is 10.3 Å². The first-order valence-corrected chi connectivity index (χ1v) is 6.86. The summed E-state index contributed by atoms with van der Waals surface area (Å²) >= 11 is 0. The van der Waals surface area contributed by atoms with Gasteiger partial charge in [0.05, 0.1) is 0 Å². The number of benzene rings is 1. The quantitative estimate of drug-likeness (QED) is 0.765. The smallest absolute Gasteiger partial charge is 0.429 e. The van der Waals surface area contributed by atoms with Crippen LogP contribution in [0.5, 0.6) is 5.75 Å². The summed E-state index contributed by atoms with van der Waals surface area (Å²) in [7, 11) is 0. The largest absolute Gasteiger partial charge is 0.430 e. The molecule has 0 fully saturated rings. The predicted octanol–water partition coefficient (Wildman–Crippen LogP) is 2.23. The molecule has 0 spiro atoms. The Morgan fingerprint density at radius 3 is 2.67 bits per heavy atom. The highest BCUT2D eigenvalue weighted by Crippen LogP contribution is 2.26. The average molecular weight is 340 g/mol. The molecular formula is C14H11F3N4O3. The first-order chi connectivity index (χ1) is 11.3. The number of H-pyrrole nitrogens is 1. The number of hydrogen-bond donors (Lipinski definition) is 1. The fourth-order valence-corrected chi connectivity index (χ4v) is 1.92. The highest BCUT2D eigenvalue weighted by atomic mass is 19.3. The van der Waals surface area contributed by atoms with Crippen molar-refractivity contribution < 1.29 is 22.5 Å². The van der Waals surface area contributed by atoms with E-state index in [4.69, 9.17) is 0 Å². The molecular weight excluding hydrogens is 329 g/mol. The second-order valence-corrected chi connectivity index (χ2v) is 5.05. The zero-order valence-electron chi connectivity index (χ0n) is 12.3. The van der Waals surface area contributed by atoms with Gasteiger partial charge in [-0.05, 0) is 34.9 Å². The van der Waals surface area contributed by atoms with Crippen molar-refractivity contribution in [2.75, 3.05) is 0 Å². The fraction of sp³-hybridized carbons (Fsp3) is 0.286. The van der Waals surface area contributed by atoms with Crippen LogP contribution in [0.25, 0.3) is 11.3 Å². The molecule has 3 aromatic rings. The van der Waals surface area contributed by atoms with Crippen molar-refractivity contribution in [1.29, 1.82) is 0 Å². The first-order valence-electron chi connectivity index (χ1n) is 6.86. The summed E-state index contributed by atoms with van der Waals surface area (Å²) in [6, 6.07) is 5.47. The highest BCUT2D eigenvalue weighted by molar-refractivity contribution is 5.62. The fourth-order valence-electron chi connectivity index (χ4n) is 1.92. The minimum atomic E-state index is -3.91. The SMILES string of the molecule is CC(F)C(F)(F)Oc1ccc(Cc2nc3nonc3[nH]c2=O)cc1. The van der Waals surface area contributed by atoms with Gasteiger partial charge in [-0.25, -0.2) is 14.0 Å². The number of rotatable bonds is 5. The normalized spacial score (nSPS) is 13.2. The maximum Gasteiger partial charge on any atom is 0.429 e. The van der Waals surface area contributed by atoms with E-state index in [9.17, 15) is 18.0 Å². The molecule has 0 aliphatic rings. The molecule has 126 valence electrons. The molecule has 0 saturated heterocycles. The summed E-state index contributed by atoms with van der Waals surface area (Å²) in [4.78, 5) is 18.4. The van der Waals surface area contributed by atoms with Crippen LogP contribution in [-0.4, -0.2) is 32.6 Å². The molecule has 1 atom stereocenters. The summed E-state index contributed by atoms with van der Waals surface area (Å²) in [6.07, 6.45) is -6.22. The Labute approximate surface area is 132 Å². The number of halogens is 3. The standard InChI is InChI=1S/C14H11F3N4O3/c1-7(15)14(16,17)23-9-4-2-8(3-5-9)6-10-13(22)19-12-11(18-10)20-24-21-12/h2-5,7H,6H2,1H3,(H,19,21,22). The van der Waals surface area contributed by atoms with Crippen molar-refractivity contribution in [1.82, 2.24) is 20.3 Å². The Bertz CT molecular complexity index is 906. The minimum Gasteiger partial charge on any atom is -0.430 e. The third-order valence-corrected chi connectivity index (χ3v) is 3.22. The molecule has 0 aliphatic heterocycles. The maximum atomic E-state index is 13.2. The van der Waals surface area contributed by atoms with E-state index in [-0.39, 0.29) is 29.2 Å². The van der Waals surface area contributed by atoms with E-state index in [1.165, 1.54) is 24.3 Å². The number of fused-ring (bicyclic) bond motifs is 1. The Balaban J connectivity index is 1.78. The van der Waals surface area contributed by atoms with Crippen LogP contribution in [0.1, 0.15) is 18.2 Å². The number of ether oxygens (including phenoxy) is 1. The number of aromatic amines is 1. The summed E-state index contributed by atoms with van der Waals surface area (Å²) in [6.45, 7) is 0.710. The van der Waals surface area contributed by atoms with Crippen LogP contribution in [-0.2, 0) is 6.42 Å². The maximum absolute atomic E-state index is 13.2. The average Bonchev–Trinajstić information content (AvgIpc) is 2.96. The molecule has 0 bridgehead atoms. The molecule has 1 N–H and O–H groups in total. The van der Waals surface area contributed by atoms with Gasteiger partial charge in [-0.2, -0.15) is 8.78 Å². The molecule has 1 unspecified atom stereocenters. The van der Waals surface area contributed by atoms with Gasteiger partial charge in [-0.15, -0.1) is 0 Å². The molecule has 10 heteroatoms. The molecule has 24 heavy (non-hydrogen) atoms. The van der Waals surface area contributed by atoms with Crippen LogP contribution in [0.2, 0.25) is 0 Å². The molecule has 0 saturated carbocycles. The Hall–Kier alpha value is -2.91. The van der Waals surface area contributed by atoms with Crippen LogP contribution in [0.15, 0.2) is 33.7 Å². The van der Waals surface area contributed by atoms with E-state index in [0.29, 0.717) is 12.5 Å². The molecule has 0 radical (unpaired) electrons. The third kappa shape index (κ3) is 3.21. The first kappa shape index (κ1) is 16.0. The van der Waals surface area contributed by atoms with Crippen LogP contribution in [0.4, 0.5) is 13.2 Å². The topological polar surface area (TPSA) is 93.9 Å². The molecule has 3 rings (SSSR count). The Kier molecular flexibility index (Phi) is 3.96. The molecule has 2 aromatic heterocycles.